The Bertz CT molecular complexity index is 1150. The van der Waals surface area contributed by atoms with E-state index in [0.717, 1.165) is 9.13 Å². The standard InChI is InChI=1S/C23H19Cl2IN2O4/c1-30-20-11-15(7-8-19(20)26)23(29)28-27-12-14-9-18(25)22(21(10-14)31-2)32-13-16-5-3-4-6-17(16)24/h3-12H,13H2,1-2H3,(H,28,29)/b27-12-. The smallest absolute Gasteiger partial charge is 0.271 e. The molecule has 0 aliphatic heterocycles. The predicted molar refractivity (Wildman–Crippen MR) is 135 cm³/mol. The van der Waals surface area contributed by atoms with E-state index in [2.05, 4.69) is 33.1 Å². The largest absolute Gasteiger partial charge is 0.496 e. The molecule has 0 aliphatic rings. The van der Waals surface area contributed by atoms with E-state index in [9.17, 15) is 4.79 Å². The monoisotopic (exact) mass is 584 g/mol. The van der Waals surface area contributed by atoms with Crippen LogP contribution < -0.4 is 19.6 Å². The van der Waals surface area contributed by atoms with Crippen molar-refractivity contribution in [2.75, 3.05) is 14.2 Å². The fourth-order valence-electron chi connectivity index (χ4n) is 2.75. The number of hydrazone groups is 1. The number of hydrogen-bond acceptors (Lipinski definition) is 5. The first kappa shape index (κ1) is 24.2. The van der Waals surface area contributed by atoms with Crippen LogP contribution in [0.1, 0.15) is 21.5 Å². The number of rotatable bonds is 8. The molecule has 1 N–H and O–H groups in total. The van der Waals surface area contributed by atoms with Crippen molar-refractivity contribution in [3.63, 3.8) is 0 Å². The Hall–Kier alpha value is -2.49. The van der Waals surface area contributed by atoms with Crippen LogP contribution in [0, 0.1) is 3.57 Å². The molecule has 32 heavy (non-hydrogen) atoms. The molecule has 0 saturated carbocycles. The summed E-state index contributed by atoms with van der Waals surface area (Å²) in [5, 5.41) is 4.95. The first-order chi connectivity index (χ1) is 15.4. The van der Waals surface area contributed by atoms with Gasteiger partial charge in [0.15, 0.2) is 11.5 Å². The van der Waals surface area contributed by atoms with Gasteiger partial charge in [-0.25, -0.2) is 5.43 Å². The van der Waals surface area contributed by atoms with Crippen molar-refractivity contribution in [2.24, 2.45) is 5.10 Å². The van der Waals surface area contributed by atoms with Gasteiger partial charge < -0.3 is 14.2 Å². The molecule has 166 valence electrons. The van der Waals surface area contributed by atoms with Crippen molar-refractivity contribution in [2.45, 2.75) is 6.61 Å². The van der Waals surface area contributed by atoms with Crippen LogP contribution in [0.15, 0.2) is 59.7 Å². The topological polar surface area (TPSA) is 69.2 Å². The highest BCUT2D eigenvalue weighted by molar-refractivity contribution is 14.1. The molecular formula is C23H19Cl2IN2O4. The zero-order valence-electron chi connectivity index (χ0n) is 17.2. The van der Waals surface area contributed by atoms with Crippen LogP contribution in [0.5, 0.6) is 17.2 Å². The van der Waals surface area contributed by atoms with Gasteiger partial charge in [-0.15, -0.1) is 0 Å². The summed E-state index contributed by atoms with van der Waals surface area (Å²) in [6, 6.07) is 15.9. The van der Waals surface area contributed by atoms with Gasteiger partial charge in [0.25, 0.3) is 5.91 Å². The molecule has 6 nitrogen and oxygen atoms in total. The predicted octanol–water partition coefficient (Wildman–Crippen LogP) is 5.96. The number of benzene rings is 3. The summed E-state index contributed by atoms with van der Waals surface area (Å²) in [5.41, 5.74) is 4.36. The maximum Gasteiger partial charge on any atom is 0.271 e. The molecule has 1 amide bonds. The molecular weight excluding hydrogens is 566 g/mol. The highest BCUT2D eigenvalue weighted by Crippen LogP contribution is 2.37. The van der Waals surface area contributed by atoms with Gasteiger partial charge in [0.2, 0.25) is 0 Å². The number of hydrogen-bond donors (Lipinski definition) is 1. The molecule has 3 aromatic carbocycles. The minimum Gasteiger partial charge on any atom is -0.496 e. The van der Waals surface area contributed by atoms with Crippen molar-refractivity contribution >= 4 is 57.9 Å². The summed E-state index contributed by atoms with van der Waals surface area (Å²) in [5.74, 6) is 1.07. The molecule has 0 aliphatic carbocycles. The van der Waals surface area contributed by atoms with Crippen LogP contribution >= 0.6 is 45.8 Å². The Balaban J connectivity index is 1.70. The van der Waals surface area contributed by atoms with Gasteiger partial charge in [0.05, 0.1) is 29.0 Å². The van der Waals surface area contributed by atoms with Crippen molar-refractivity contribution in [1.29, 1.82) is 0 Å². The Labute approximate surface area is 209 Å². The zero-order valence-corrected chi connectivity index (χ0v) is 20.9. The normalized spacial score (nSPS) is 10.8. The highest BCUT2D eigenvalue weighted by Gasteiger charge is 2.13. The Morgan fingerprint density at radius 1 is 1.03 bits per heavy atom. The summed E-state index contributed by atoms with van der Waals surface area (Å²) < 4.78 is 17.4. The lowest BCUT2D eigenvalue weighted by Gasteiger charge is -2.14. The molecule has 3 aromatic rings. The number of carbonyl (C=O) groups is 1. The molecule has 0 unspecified atom stereocenters. The van der Waals surface area contributed by atoms with Gasteiger partial charge >= 0.3 is 0 Å². The highest BCUT2D eigenvalue weighted by atomic mass is 127. The third-order valence-corrected chi connectivity index (χ3v) is 5.92. The third kappa shape index (κ3) is 6.05. The molecule has 0 aromatic heterocycles. The fraction of sp³-hybridized carbons (Fsp3) is 0.130. The number of methoxy groups -OCH3 is 2. The first-order valence-electron chi connectivity index (χ1n) is 9.33. The summed E-state index contributed by atoms with van der Waals surface area (Å²) in [6.07, 6.45) is 1.47. The second-order valence-electron chi connectivity index (χ2n) is 6.46. The van der Waals surface area contributed by atoms with Gasteiger partial charge in [-0.3, -0.25) is 4.79 Å². The van der Waals surface area contributed by atoms with Crippen LogP contribution in [0.3, 0.4) is 0 Å². The van der Waals surface area contributed by atoms with E-state index in [1.54, 1.807) is 43.5 Å². The van der Waals surface area contributed by atoms with E-state index < -0.39 is 0 Å². The average molecular weight is 585 g/mol. The number of carbonyl (C=O) groups excluding carboxylic acids is 1. The maximum absolute atomic E-state index is 12.3. The van der Waals surface area contributed by atoms with Crippen LogP contribution in [0.25, 0.3) is 0 Å². The van der Waals surface area contributed by atoms with Crippen molar-refractivity contribution in [3.8, 4) is 17.2 Å². The third-order valence-electron chi connectivity index (χ3n) is 4.37. The molecule has 0 saturated heterocycles. The summed E-state index contributed by atoms with van der Waals surface area (Å²) in [4.78, 5) is 12.3. The molecule has 0 atom stereocenters. The molecule has 3 rings (SSSR count). The van der Waals surface area contributed by atoms with Gasteiger partial charge in [-0.1, -0.05) is 41.4 Å². The number of ether oxygens (including phenoxy) is 3. The van der Waals surface area contributed by atoms with Crippen molar-refractivity contribution in [1.82, 2.24) is 5.43 Å². The minimum atomic E-state index is -0.367. The number of halogens is 3. The van der Waals surface area contributed by atoms with Crippen molar-refractivity contribution in [3.05, 3.63) is 84.9 Å². The number of nitrogens with one attached hydrogen (secondary N) is 1. The maximum atomic E-state index is 12.3. The Kier molecular flexibility index (Phi) is 8.60. The van der Waals surface area contributed by atoms with E-state index in [1.165, 1.54) is 13.3 Å². The molecule has 0 fully saturated rings. The average Bonchev–Trinajstić information content (AvgIpc) is 2.79. The zero-order chi connectivity index (χ0) is 23.1. The van der Waals surface area contributed by atoms with Gasteiger partial charge in [0, 0.05) is 16.1 Å². The summed E-state index contributed by atoms with van der Waals surface area (Å²) >= 11 is 14.7. The number of nitrogens with zero attached hydrogens (tertiary/aromatic N) is 1. The number of amides is 1. The van der Waals surface area contributed by atoms with Crippen LogP contribution in [-0.2, 0) is 6.61 Å². The summed E-state index contributed by atoms with van der Waals surface area (Å²) in [7, 11) is 3.07. The van der Waals surface area contributed by atoms with Gasteiger partial charge in [0.1, 0.15) is 12.4 Å². The Morgan fingerprint density at radius 3 is 2.50 bits per heavy atom. The lowest BCUT2D eigenvalue weighted by atomic mass is 10.2. The quantitative estimate of drug-likeness (QED) is 0.202. The van der Waals surface area contributed by atoms with Gasteiger partial charge in [-0.2, -0.15) is 5.10 Å². The second-order valence-corrected chi connectivity index (χ2v) is 8.44. The van der Waals surface area contributed by atoms with E-state index in [1.807, 2.05) is 18.2 Å². The molecule has 9 heteroatoms. The van der Waals surface area contributed by atoms with E-state index in [-0.39, 0.29) is 12.5 Å². The van der Waals surface area contributed by atoms with E-state index >= 15 is 0 Å². The molecule has 0 heterocycles. The van der Waals surface area contributed by atoms with Crippen LogP contribution in [-0.4, -0.2) is 26.3 Å². The second kappa shape index (κ2) is 11.4. The first-order valence-corrected chi connectivity index (χ1v) is 11.2. The molecule has 0 bridgehead atoms. The van der Waals surface area contributed by atoms with Gasteiger partial charge in [-0.05, 0) is 64.6 Å². The SMILES string of the molecule is COc1cc(C(=O)N/N=C\c2cc(Cl)c(OCc3ccccc3Cl)c(OC)c2)ccc1I. The lowest BCUT2D eigenvalue weighted by Crippen LogP contribution is -2.17. The van der Waals surface area contributed by atoms with E-state index in [0.29, 0.717) is 38.4 Å². The van der Waals surface area contributed by atoms with Crippen molar-refractivity contribution < 1.29 is 19.0 Å². The fourth-order valence-corrected chi connectivity index (χ4v) is 3.77. The molecule has 0 spiro atoms. The summed E-state index contributed by atoms with van der Waals surface area (Å²) in [6.45, 7) is 0.235. The van der Waals surface area contributed by atoms with Crippen LogP contribution in [0.2, 0.25) is 10.0 Å². The van der Waals surface area contributed by atoms with E-state index in [4.69, 9.17) is 37.4 Å². The van der Waals surface area contributed by atoms with Crippen LogP contribution in [0.4, 0.5) is 0 Å². The molecule has 0 radical (unpaired) electrons. The Morgan fingerprint density at radius 2 is 1.78 bits per heavy atom. The lowest BCUT2D eigenvalue weighted by molar-refractivity contribution is 0.0954. The minimum absolute atomic E-state index is 0.235.